The summed E-state index contributed by atoms with van der Waals surface area (Å²) >= 11 is 0. The van der Waals surface area contributed by atoms with Crippen LogP contribution in [0.3, 0.4) is 0 Å². The SMILES string of the molecule is Cc1cc(C)c(C)c(OC2CC(O)C23CCCCCC3)c1. The lowest BCUT2D eigenvalue weighted by Gasteiger charge is -2.53. The lowest BCUT2D eigenvalue weighted by molar-refractivity contribution is -0.163. The summed E-state index contributed by atoms with van der Waals surface area (Å²) in [6, 6.07) is 4.36. The minimum Gasteiger partial charge on any atom is -0.489 e. The first kappa shape index (κ1) is 14.9. The molecule has 0 aromatic heterocycles. The van der Waals surface area contributed by atoms with Crippen LogP contribution in [-0.4, -0.2) is 17.3 Å². The molecule has 2 aliphatic rings. The molecule has 2 fully saturated rings. The van der Waals surface area contributed by atoms with Crippen LogP contribution in [0.2, 0.25) is 0 Å². The Balaban J connectivity index is 1.82. The molecule has 1 aromatic rings. The average molecular weight is 288 g/mol. The minimum atomic E-state index is -0.160. The molecular formula is C19H28O2. The Labute approximate surface area is 128 Å². The van der Waals surface area contributed by atoms with Gasteiger partial charge in [0.15, 0.2) is 0 Å². The van der Waals surface area contributed by atoms with Crippen molar-refractivity contribution in [3.63, 3.8) is 0 Å². The van der Waals surface area contributed by atoms with Gasteiger partial charge in [0.2, 0.25) is 0 Å². The number of hydrogen-bond acceptors (Lipinski definition) is 2. The van der Waals surface area contributed by atoms with E-state index in [0.717, 1.165) is 25.0 Å². The minimum absolute atomic E-state index is 0.0284. The Morgan fingerprint density at radius 2 is 1.71 bits per heavy atom. The first-order valence-corrected chi connectivity index (χ1v) is 8.45. The van der Waals surface area contributed by atoms with Crippen molar-refractivity contribution in [1.82, 2.24) is 0 Å². The van der Waals surface area contributed by atoms with Crippen molar-refractivity contribution >= 4 is 0 Å². The molecule has 0 heterocycles. The van der Waals surface area contributed by atoms with Crippen LogP contribution in [0.4, 0.5) is 0 Å². The normalized spacial score (nSPS) is 28.0. The third-order valence-electron chi connectivity index (χ3n) is 5.81. The summed E-state index contributed by atoms with van der Waals surface area (Å²) in [6.45, 7) is 6.40. The Hall–Kier alpha value is -1.02. The maximum Gasteiger partial charge on any atom is 0.123 e. The average Bonchev–Trinajstić information content (AvgIpc) is 2.71. The second-order valence-corrected chi connectivity index (χ2v) is 7.21. The molecule has 1 N–H and O–H groups in total. The molecule has 0 aliphatic heterocycles. The van der Waals surface area contributed by atoms with Crippen LogP contribution in [0.1, 0.15) is 61.6 Å². The molecule has 0 bridgehead atoms. The predicted molar refractivity (Wildman–Crippen MR) is 85.8 cm³/mol. The number of hydrogen-bond donors (Lipinski definition) is 1. The van der Waals surface area contributed by atoms with Crippen molar-refractivity contribution < 1.29 is 9.84 Å². The molecule has 1 aromatic carbocycles. The molecule has 2 nitrogen and oxygen atoms in total. The topological polar surface area (TPSA) is 29.5 Å². The molecule has 0 saturated heterocycles. The van der Waals surface area contributed by atoms with E-state index < -0.39 is 0 Å². The van der Waals surface area contributed by atoms with Crippen molar-refractivity contribution in [1.29, 1.82) is 0 Å². The van der Waals surface area contributed by atoms with Crippen molar-refractivity contribution in [2.75, 3.05) is 0 Å². The summed E-state index contributed by atoms with van der Waals surface area (Å²) < 4.78 is 6.40. The molecule has 1 spiro atoms. The summed E-state index contributed by atoms with van der Waals surface area (Å²) in [6.07, 6.45) is 8.19. The Morgan fingerprint density at radius 1 is 1.05 bits per heavy atom. The number of aliphatic hydroxyl groups is 1. The van der Waals surface area contributed by atoms with E-state index in [1.807, 2.05) is 0 Å². The molecule has 2 unspecified atom stereocenters. The van der Waals surface area contributed by atoms with Crippen LogP contribution in [0.25, 0.3) is 0 Å². The van der Waals surface area contributed by atoms with Crippen LogP contribution in [0.15, 0.2) is 12.1 Å². The van der Waals surface area contributed by atoms with Gasteiger partial charge in [0, 0.05) is 11.8 Å². The third kappa shape index (κ3) is 2.59. The van der Waals surface area contributed by atoms with E-state index >= 15 is 0 Å². The fraction of sp³-hybridized carbons (Fsp3) is 0.684. The van der Waals surface area contributed by atoms with Crippen LogP contribution in [-0.2, 0) is 0 Å². The van der Waals surface area contributed by atoms with Crippen molar-refractivity contribution in [2.24, 2.45) is 5.41 Å². The highest BCUT2D eigenvalue weighted by atomic mass is 16.5. The van der Waals surface area contributed by atoms with E-state index in [1.165, 1.54) is 42.4 Å². The van der Waals surface area contributed by atoms with E-state index in [1.54, 1.807) is 0 Å². The van der Waals surface area contributed by atoms with Gasteiger partial charge in [0.05, 0.1) is 6.10 Å². The van der Waals surface area contributed by atoms with E-state index in [2.05, 4.69) is 32.9 Å². The molecule has 2 atom stereocenters. The fourth-order valence-corrected chi connectivity index (χ4v) is 4.21. The monoisotopic (exact) mass is 288 g/mol. The molecule has 2 aliphatic carbocycles. The number of rotatable bonds is 2. The van der Waals surface area contributed by atoms with Crippen molar-refractivity contribution in [3.8, 4) is 5.75 Å². The zero-order valence-corrected chi connectivity index (χ0v) is 13.6. The smallest absolute Gasteiger partial charge is 0.123 e. The lowest BCUT2D eigenvalue weighted by Crippen LogP contribution is -2.59. The van der Waals surface area contributed by atoms with Gasteiger partial charge in [0.1, 0.15) is 11.9 Å². The van der Waals surface area contributed by atoms with Crippen molar-refractivity contribution in [2.45, 2.75) is 77.9 Å². The van der Waals surface area contributed by atoms with Crippen molar-refractivity contribution in [3.05, 3.63) is 28.8 Å². The standard InChI is InChI=1S/C19H28O2/c1-13-10-14(2)15(3)16(11-13)21-18-12-17(20)19(18)8-6-4-5-7-9-19/h10-11,17-18,20H,4-9,12H2,1-3H3. The first-order chi connectivity index (χ1) is 10.0. The summed E-state index contributed by atoms with van der Waals surface area (Å²) in [5.74, 6) is 1.02. The molecule has 2 saturated carbocycles. The van der Waals surface area contributed by atoms with Gasteiger partial charge in [0.25, 0.3) is 0 Å². The van der Waals surface area contributed by atoms with E-state index in [9.17, 15) is 5.11 Å². The Kier molecular flexibility index (Phi) is 4.00. The Morgan fingerprint density at radius 3 is 2.33 bits per heavy atom. The second kappa shape index (κ2) is 5.64. The highest BCUT2D eigenvalue weighted by Gasteiger charge is 2.55. The zero-order valence-electron chi connectivity index (χ0n) is 13.6. The molecule has 2 heteroatoms. The molecule has 3 rings (SSSR count). The predicted octanol–water partition coefficient (Wildman–Crippen LogP) is 4.46. The molecular weight excluding hydrogens is 260 g/mol. The van der Waals surface area contributed by atoms with Gasteiger partial charge >= 0.3 is 0 Å². The second-order valence-electron chi connectivity index (χ2n) is 7.21. The number of benzene rings is 1. The maximum absolute atomic E-state index is 10.4. The Bertz CT molecular complexity index is 513. The zero-order chi connectivity index (χ0) is 15.0. The highest BCUT2D eigenvalue weighted by molar-refractivity contribution is 5.42. The van der Waals surface area contributed by atoms with E-state index in [0.29, 0.717) is 0 Å². The molecule has 116 valence electrons. The quantitative estimate of drug-likeness (QED) is 0.870. The van der Waals surface area contributed by atoms with E-state index in [4.69, 9.17) is 4.74 Å². The summed E-state index contributed by atoms with van der Waals surface area (Å²) in [5, 5.41) is 10.4. The number of ether oxygens (including phenoxy) is 1. The maximum atomic E-state index is 10.4. The number of aryl methyl sites for hydroxylation is 2. The van der Waals surface area contributed by atoms with Crippen LogP contribution < -0.4 is 4.74 Å². The van der Waals surface area contributed by atoms with Crippen LogP contribution >= 0.6 is 0 Å². The summed E-state index contributed by atoms with van der Waals surface area (Å²) in [4.78, 5) is 0. The third-order valence-corrected chi connectivity index (χ3v) is 5.81. The highest BCUT2D eigenvalue weighted by Crippen LogP contribution is 2.52. The van der Waals surface area contributed by atoms with Gasteiger partial charge in [-0.2, -0.15) is 0 Å². The van der Waals surface area contributed by atoms with Gasteiger partial charge in [-0.3, -0.25) is 0 Å². The van der Waals surface area contributed by atoms with Gasteiger partial charge in [-0.1, -0.05) is 31.7 Å². The van der Waals surface area contributed by atoms with E-state index in [-0.39, 0.29) is 17.6 Å². The number of aliphatic hydroxyl groups excluding tert-OH is 1. The first-order valence-electron chi connectivity index (χ1n) is 8.45. The van der Waals surface area contributed by atoms with Crippen LogP contribution in [0.5, 0.6) is 5.75 Å². The van der Waals surface area contributed by atoms with Gasteiger partial charge in [-0.15, -0.1) is 0 Å². The summed E-state index contributed by atoms with van der Waals surface area (Å²) in [7, 11) is 0. The largest absolute Gasteiger partial charge is 0.489 e. The molecule has 21 heavy (non-hydrogen) atoms. The van der Waals surface area contributed by atoms with Crippen LogP contribution in [0, 0.1) is 26.2 Å². The van der Waals surface area contributed by atoms with Gasteiger partial charge < -0.3 is 9.84 Å². The summed E-state index contributed by atoms with van der Waals surface area (Å²) in [5.41, 5.74) is 3.81. The van der Waals surface area contributed by atoms with Gasteiger partial charge in [-0.25, -0.2) is 0 Å². The molecule has 0 amide bonds. The van der Waals surface area contributed by atoms with Gasteiger partial charge in [-0.05, 0) is 56.4 Å². The fourth-order valence-electron chi connectivity index (χ4n) is 4.21. The lowest BCUT2D eigenvalue weighted by atomic mass is 9.59. The molecule has 0 radical (unpaired) electrons.